The van der Waals surface area contributed by atoms with Gasteiger partial charge in [0.05, 0.1) is 6.54 Å². The van der Waals surface area contributed by atoms with Crippen LogP contribution in [0.2, 0.25) is 0 Å². The zero-order chi connectivity index (χ0) is 9.10. The topological polar surface area (TPSA) is 31.9 Å². The summed E-state index contributed by atoms with van der Waals surface area (Å²) in [6, 6.07) is 0. The second-order valence-electron chi connectivity index (χ2n) is 3.99. The van der Waals surface area contributed by atoms with Crippen LogP contribution < -0.4 is 0 Å². The first-order valence-electron chi connectivity index (χ1n) is 5.05. The van der Waals surface area contributed by atoms with Gasteiger partial charge in [0, 0.05) is 12.4 Å². The monoisotopic (exact) mass is 179 g/mol. The molecule has 1 aliphatic rings. The molecule has 0 unspecified atom stereocenters. The Morgan fingerprint density at radius 1 is 1.54 bits per heavy atom. The third-order valence-corrected chi connectivity index (χ3v) is 2.80. The fourth-order valence-electron chi connectivity index (χ4n) is 1.82. The normalized spacial score (nSPS) is 20.7. The van der Waals surface area contributed by atoms with Gasteiger partial charge in [-0.3, -0.25) is 4.90 Å². The molecule has 0 amide bonds. The maximum Gasteiger partial charge on any atom is 0.120 e. The molecule has 72 valence electrons. The van der Waals surface area contributed by atoms with Gasteiger partial charge in [-0.15, -0.1) is 0 Å². The SMILES string of the molecule is CC1CCN(Cc2ncc[nH]2)CC1. The van der Waals surface area contributed by atoms with Crippen molar-refractivity contribution in [3.8, 4) is 0 Å². The van der Waals surface area contributed by atoms with Crippen LogP contribution in [0.3, 0.4) is 0 Å². The zero-order valence-corrected chi connectivity index (χ0v) is 8.16. The van der Waals surface area contributed by atoms with E-state index in [2.05, 4.69) is 21.8 Å². The molecule has 2 rings (SSSR count). The maximum absolute atomic E-state index is 4.23. The highest BCUT2D eigenvalue weighted by Crippen LogP contribution is 2.16. The number of hydrogen-bond acceptors (Lipinski definition) is 2. The molecule has 2 heterocycles. The Balaban J connectivity index is 1.83. The van der Waals surface area contributed by atoms with Gasteiger partial charge >= 0.3 is 0 Å². The number of nitrogens with zero attached hydrogens (tertiary/aromatic N) is 2. The lowest BCUT2D eigenvalue weighted by Gasteiger charge is -2.29. The summed E-state index contributed by atoms with van der Waals surface area (Å²) in [5.41, 5.74) is 0. The van der Waals surface area contributed by atoms with Gasteiger partial charge in [-0.25, -0.2) is 4.98 Å². The van der Waals surface area contributed by atoms with Crippen molar-refractivity contribution in [2.24, 2.45) is 5.92 Å². The van der Waals surface area contributed by atoms with Crippen LogP contribution in [0.1, 0.15) is 25.6 Å². The molecule has 1 aromatic heterocycles. The minimum atomic E-state index is 0.910. The maximum atomic E-state index is 4.23. The molecule has 1 N–H and O–H groups in total. The zero-order valence-electron chi connectivity index (χ0n) is 8.16. The van der Waals surface area contributed by atoms with Gasteiger partial charge in [-0.2, -0.15) is 0 Å². The number of piperidine rings is 1. The molecule has 1 saturated heterocycles. The molecular formula is C10H17N3. The molecule has 13 heavy (non-hydrogen) atoms. The van der Waals surface area contributed by atoms with Gasteiger partial charge < -0.3 is 4.98 Å². The Morgan fingerprint density at radius 2 is 2.31 bits per heavy atom. The Hall–Kier alpha value is -0.830. The Bertz CT molecular complexity index is 235. The number of aromatic nitrogens is 2. The average Bonchev–Trinajstić information content (AvgIpc) is 2.62. The van der Waals surface area contributed by atoms with E-state index in [1.54, 1.807) is 0 Å². The van der Waals surface area contributed by atoms with Crippen molar-refractivity contribution in [3.05, 3.63) is 18.2 Å². The molecule has 1 fully saturated rings. The van der Waals surface area contributed by atoms with Gasteiger partial charge in [0.15, 0.2) is 0 Å². The van der Waals surface area contributed by atoms with Gasteiger partial charge in [-0.1, -0.05) is 6.92 Å². The Kier molecular flexibility index (Phi) is 2.64. The highest BCUT2D eigenvalue weighted by Gasteiger charge is 2.15. The lowest BCUT2D eigenvalue weighted by molar-refractivity contribution is 0.182. The van der Waals surface area contributed by atoms with Gasteiger partial charge in [0.2, 0.25) is 0 Å². The van der Waals surface area contributed by atoms with Crippen LogP contribution in [-0.2, 0) is 6.54 Å². The van der Waals surface area contributed by atoms with E-state index in [4.69, 9.17) is 0 Å². The Morgan fingerprint density at radius 3 is 2.92 bits per heavy atom. The van der Waals surface area contributed by atoms with Crippen molar-refractivity contribution in [3.63, 3.8) is 0 Å². The van der Waals surface area contributed by atoms with E-state index in [0.29, 0.717) is 0 Å². The summed E-state index contributed by atoms with van der Waals surface area (Å²) in [4.78, 5) is 9.85. The fraction of sp³-hybridized carbons (Fsp3) is 0.700. The number of aromatic amines is 1. The molecule has 3 nitrogen and oxygen atoms in total. The standard InChI is InChI=1S/C10H17N3/c1-9-2-6-13(7-3-9)8-10-11-4-5-12-10/h4-5,9H,2-3,6-8H2,1H3,(H,11,12). The molecule has 0 aliphatic carbocycles. The van der Waals surface area contributed by atoms with Crippen molar-refractivity contribution < 1.29 is 0 Å². The average molecular weight is 179 g/mol. The van der Waals surface area contributed by atoms with E-state index in [1.165, 1.54) is 25.9 Å². The summed E-state index contributed by atoms with van der Waals surface area (Å²) in [7, 11) is 0. The van der Waals surface area contributed by atoms with Crippen LogP contribution in [0.4, 0.5) is 0 Å². The third-order valence-electron chi connectivity index (χ3n) is 2.80. The molecular weight excluding hydrogens is 162 g/mol. The predicted molar refractivity (Wildman–Crippen MR) is 52.3 cm³/mol. The van der Waals surface area contributed by atoms with Crippen LogP contribution in [0, 0.1) is 5.92 Å². The van der Waals surface area contributed by atoms with E-state index in [-0.39, 0.29) is 0 Å². The van der Waals surface area contributed by atoms with Crippen LogP contribution in [-0.4, -0.2) is 28.0 Å². The lowest BCUT2D eigenvalue weighted by Crippen LogP contribution is -2.32. The summed E-state index contributed by atoms with van der Waals surface area (Å²) in [6.07, 6.45) is 6.38. The first-order valence-corrected chi connectivity index (χ1v) is 5.05. The second kappa shape index (κ2) is 3.92. The molecule has 0 atom stereocenters. The predicted octanol–water partition coefficient (Wildman–Crippen LogP) is 1.64. The number of imidazole rings is 1. The quantitative estimate of drug-likeness (QED) is 0.748. The summed E-state index contributed by atoms with van der Waals surface area (Å²) < 4.78 is 0. The molecule has 0 spiro atoms. The minimum Gasteiger partial charge on any atom is -0.348 e. The number of rotatable bonds is 2. The van der Waals surface area contributed by atoms with E-state index in [0.717, 1.165) is 18.3 Å². The molecule has 1 aliphatic heterocycles. The van der Waals surface area contributed by atoms with E-state index >= 15 is 0 Å². The van der Waals surface area contributed by atoms with Gasteiger partial charge in [0.1, 0.15) is 5.82 Å². The molecule has 1 aromatic rings. The lowest BCUT2D eigenvalue weighted by atomic mass is 9.99. The van der Waals surface area contributed by atoms with Crippen molar-refractivity contribution >= 4 is 0 Å². The molecule has 0 aromatic carbocycles. The molecule has 0 radical (unpaired) electrons. The van der Waals surface area contributed by atoms with Crippen LogP contribution in [0.15, 0.2) is 12.4 Å². The smallest absolute Gasteiger partial charge is 0.120 e. The number of hydrogen-bond donors (Lipinski definition) is 1. The summed E-state index contributed by atoms with van der Waals surface area (Å²) in [5.74, 6) is 2.00. The van der Waals surface area contributed by atoms with Crippen molar-refractivity contribution in [2.75, 3.05) is 13.1 Å². The number of nitrogens with one attached hydrogen (secondary N) is 1. The van der Waals surface area contributed by atoms with Crippen molar-refractivity contribution in [1.82, 2.24) is 14.9 Å². The van der Waals surface area contributed by atoms with Crippen molar-refractivity contribution in [2.45, 2.75) is 26.3 Å². The largest absolute Gasteiger partial charge is 0.348 e. The first-order chi connectivity index (χ1) is 6.34. The number of likely N-dealkylation sites (tertiary alicyclic amines) is 1. The fourth-order valence-corrected chi connectivity index (χ4v) is 1.82. The van der Waals surface area contributed by atoms with E-state index in [1.807, 2.05) is 12.4 Å². The highest BCUT2D eigenvalue weighted by atomic mass is 15.1. The van der Waals surface area contributed by atoms with Crippen LogP contribution in [0.25, 0.3) is 0 Å². The minimum absolute atomic E-state index is 0.910. The third kappa shape index (κ3) is 2.31. The van der Waals surface area contributed by atoms with Crippen molar-refractivity contribution in [1.29, 1.82) is 0 Å². The summed E-state index contributed by atoms with van der Waals surface area (Å²) >= 11 is 0. The molecule has 0 saturated carbocycles. The van der Waals surface area contributed by atoms with Crippen LogP contribution >= 0.6 is 0 Å². The van der Waals surface area contributed by atoms with Gasteiger partial charge in [-0.05, 0) is 31.8 Å². The Labute approximate surface area is 79.2 Å². The molecule has 3 heteroatoms. The second-order valence-corrected chi connectivity index (χ2v) is 3.99. The summed E-state index contributed by atoms with van der Waals surface area (Å²) in [6.45, 7) is 5.77. The number of H-pyrrole nitrogens is 1. The summed E-state index contributed by atoms with van der Waals surface area (Å²) in [5, 5.41) is 0. The van der Waals surface area contributed by atoms with E-state index < -0.39 is 0 Å². The van der Waals surface area contributed by atoms with Gasteiger partial charge in [0.25, 0.3) is 0 Å². The molecule has 0 bridgehead atoms. The van der Waals surface area contributed by atoms with Crippen LogP contribution in [0.5, 0.6) is 0 Å². The van der Waals surface area contributed by atoms with E-state index in [9.17, 15) is 0 Å². The first kappa shape index (κ1) is 8.75. The highest BCUT2D eigenvalue weighted by molar-refractivity contribution is 4.87.